The zero-order valence-electron chi connectivity index (χ0n) is 15.5. The molecule has 0 spiro atoms. The summed E-state index contributed by atoms with van der Waals surface area (Å²) >= 11 is 12.5. The van der Waals surface area contributed by atoms with Gasteiger partial charge in [-0.05, 0) is 38.1 Å². The van der Waals surface area contributed by atoms with Crippen LogP contribution in [0.15, 0.2) is 42.7 Å². The Morgan fingerprint density at radius 2 is 2.03 bits per heavy atom. The Labute approximate surface area is 175 Å². The van der Waals surface area contributed by atoms with Gasteiger partial charge < -0.3 is 9.55 Å². The highest BCUT2D eigenvalue weighted by atomic mass is 35.5. The van der Waals surface area contributed by atoms with Gasteiger partial charge in [-0.15, -0.1) is 0 Å². The van der Waals surface area contributed by atoms with Gasteiger partial charge in [0.15, 0.2) is 0 Å². The fraction of sp³-hybridized carbons (Fsp3) is 0.150. The molecule has 0 unspecified atom stereocenters. The molecule has 4 rings (SSSR count). The molecule has 0 bridgehead atoms. The van der Waals surface area contributed by atoms with E-state index in [1.165, 1.54) is 18.2 Å². The number of aromatic amines is 1. The van der Waals surface area contributed by atoms with Crippen LogP contribution in [0.25, 0.3) is 22.4 Å². The number of carbonyl (C=O) groups is 1. The maximum Gasteiger partial charge on any atom is 0.258 e. The Hall–Kier alpha value is -2.90. The summed E-state index contributed by atoms with van der Waals surface area (Å²) in [6, 6.07) is 7.63. The maximum atomic E-state index is 14.2. The number of carbonyl (C=O) groups excluding carboxylic acids is 1. The lowest BCUT2D eigenvalue weighted by atomic mass is 10.2. The molecule has 148 valence electrons. The molecular weight excluding hydrogens is 416 g/mol. The molecule has 0 radical (unpaired) electrons. The van der Waals surface area contributed by atoms with Crippen molar-refractivity contribution in [3.8, 4) is 11.4 Å². The van der Waals surface area contributed by atoms with Gasteiger partial charge >= 0.3 is 0 Å². The second-order valence-electron chi connectivity index (χ2n) is 6.74. The van der Waals surface area contributed by atoms with E-state index in [9.17, 15) is 9.18 Å². The standard InChI is InChI=1S/C20H16Cl2FN5O/c1-10(2)28-7-6-24-20(28)27-19(29)11-8-13(22)17-15(9-11)25-18(26-17)16-12(21)4-3-5-14(16)23/h3-10H,1-2H3,(H,25,26)(H,24,27,29). The number of halogens is 3. The van der Waals surface area contributed by atoms with Crippen molar-refractivity contribution >= 4 is 46.1 Å². The van der Waals surface area contributed by atoms with Crippen molar-refractivity contribution in [3.05, 3.63) is 64.2 Å². The number of anilines is 1. The number of H-pyrrole nitrogens is 1. The predicted molar refractivity (Wildman–Crippen MR) is 112 cm³/mol. The molecule has 0 aliphatic heterocycles. The van der Waals surface area contributed by atoms with Gasteiger partial charge in [0.25, 0.3) is 5.91 Å². The van der Waals surface area contributed by atoms with Crippen molar-refractivity contribution in [1.29, 1.82) is 0 Å². The highest BCUT2D eigenvalue weighted by molar-refractivity contribution is 6.36. The summed E-state index contributed by atoms with van der Waals surface area (Å²) in [4.78, 5) is 24.3. The van der Waals surface area contributed by atoms with E-state index in [1.807, 2.05) is 18.4 Å². The number of hydrogen-bond acceptors (Lipinski definition) is 3. The summed E-state index contributed by atoms with van der Waals surface area (Å²) in [5, 5.41) is 3.26. The molecule has 6 nitrogen and oxygen atoms in total. The average Bonchev–Trinajstić information content (AvgIpc) is 3.28. The minimum atomic E-state index is -0.508. The predicted octanol–water partition coefficient (Wildman–Crippen LogP) is 5.71. The van der Waals surface area contributed by atoms with Gasteiger partial charge in [-0.3, -0.25) is 10.1 Å². The Morgan fingerprint density at radius 3 is 2.76 bits per heavy atom. The number of hydrogen-bond donors (Lipinski definition) is 2. The van der Waals surface area contributed by atoms with Crippen LogP contribution in [0.2, 0.25) is 10.0 Å². The van der Waals surface area contributed by atoms with Gasteiger partial charge in [-0.25, -0.2) is 14.4 Å². The fourth-order valence-corrected chi connectivity index (χ4v) is 3.56. The van der Waals surface area contributed by atoms with Crippen molar-refractivity contribution in [1.82, 2.24) is 19.5 Å². The van der Waals surface area contributed by atoms with Crippen molar-refractivity contribution in [2.45, 2.75) is 19.9 Å². The molecule has 2 heterocycles. The second-order valence-corrected chi connectivity index (χ2v) is 7.56. The third-order valence-corrected chi connectivity index (χ3v) is 5.06. The molecule has 0 saturated heterocycles. The molecular formula is C20H16Cl2FN5O. The quantitative estimate of drug-likeness (QED) is 0.434. The summed E-state index contributed by atoms with van der Waals surface area (Å²) in [5.41, 5.74) is 1.37. The van der Waals surface area contributed by atoms with Crippen LogP contribution < -0.4 is 5.32 Å². The van der Waals surface area contributed by atoms with Gasteiger partial charge in [-0.2, -0.15) is 0 Å². The number of rotatable bonds is 4. The van der Waals surface area contributed by atoms with Crippen molar-refractivity contribution < 1.29 is 9.18 Å². The highest BCUT2D eigenvalue weighted by Crippen LogP contribution is 2.32. The van der Waals surface area contributed by atoms with Crippen LogP contribution in [0.1, 0.15) is 30.2 Å². The Bertz CT molecular complexity index is 1210. The molecule has 2 N–H and O–H groups in total. The van der Waals surface area contributed by atoms with Crippen LogP contribution in [0.5, 0.6) is 0 Å². The number of nitrogens with zero attached hydrogens (tertiary/aromatic N) is 3. The lowest BCUT2D eigenvalue weighted by Crippen LogP contribution is -2.16. The number of fused-ring (bicyclic) bond motifs is 1. The largest absolute Gasteiger partial charge is 0.338 e. The van der Waals surface area contributed by atoms with Crippen LogP contribution in [-0.2, 0) is 0 Å². The summed E-state index contributed by atoms with van der Waals surface area (Å²) in [5.74, 6) is -0.212. The maximum absolute atomic E-state index is 14.2. The van der Waals surface area contributed by atoms with E-state index in [2.05, 4.69) is 20.3 Å². The lowest BCUT2D eigenvalue weighted by molar-refractivity contribution is 0.102. The van der Waals surface area contributed by atoms with E-state index in [4.69, 9.17) is 23.2 Å². The van der Waals surface area contributed by atoms with Crippen LogP contribution in [0.4, 0.5) is 10.3 Å². The van der Waals surface area contributed by atoms with Crippen LogP contribution in [-0.4, -0.2) is 25.4 Å². The van der Waals surface area contributed by atoms with Crippen LogP contribution in [0, 0.1) is 5.82 Å². The van der Waals surface area contributed by atoms with E-state index in [0.29, 0.717) is 22.5 Å². The van der Waals surface area contributed by atoms with Crippen molar-refractivity contribution in [2.75, 3.05) is 5.32 Å². The third kappa shape index (κ3) is 3.59. The molecule has 0 fully saturated rings. The first-order chi connectivity index (χ1) is 13.8. The molecule has 2 aromatic heterocycles. The second kappa shape index (κ2) is 7.50. The SMILES string of the molecule is CC(C)n1ccnc1NC(=O)c1cc(Cl)c2nc(-c3c(F)cccc3Cl)[nH]c2c1. The molecule has 0 saturated carbocycles. The van der Waals surface area contributed by atoms with E-state index in [1.54, 1.807) is 24.5 Å². The minimum Gasteiger partial charge on any atom is -0.338 e. The van der Waals surface area contributed by atoms with E-state index >= 15 is 0 Å². The summed E-state index contributed by atoms with van der Waals surface area (Å²) in [6.45, 7) is 3.97. The Kier molecular flexibility index (Phi) is 5.02. The average molecular weight is 432 g/mol. The zero-order chi connectivity index (χ0) is 20.7. The lowest BCUT2D eigenvalue weighted by Gasteiger charge is -2.12. The number of benzene rings is 2. The fourth-order valence-electron chi connectivity index (χ4n) is 3.05. The van der Waals surface area contributed by atoms with Crippen molar-refractivity contribution in [2.24, 2.45) is 0 Å². The normalized spacial score (nSPS) is 11.4. The molecule has 0 aliphatic rings. The number of amides is 1. The number of imidazole rings is 2. The van der Waals surface area contributed by atoms with Gasteiger partial charge in [0.1, 0.15) is 17.2 Å². The van der Waals surface area contributed by atoms with Gasteiger partial charge in [0.05, 0.1) is 21.1 Å². The molecule has 1 amide bonds. The summed E-state index contributed by atoms with van der Waals surface area (Å²) < 4.78 is 16.1. The molecule has 0 atom stereocenters. The smallest absolute Gasteiger partial charge is 0.258 e. The van der Waals surface area contributed by atoms with Crippen LogP contribution in [0.3, 0.4) is 0 Å². The van der Waals surface area contributed by atoms with Gasteiger partial charge in [0.2, 0.25) is 5.95 Å². The highest BCUT2D eigenvalue weighted by Gasteiger charge is 2.18. The van der Waals surface area contributed by atoms with E-state index in [-0.39, 0.29) is 33.4 Å². The molecule has 2 aromatic carbocycles. The number of nitrogens with one attached hydrogen (secondary N) is 2. The molecule has 29 heavy (non-hydrogen) atoms. The van der Waals surface area contributed by atoms with E-state index in [0.717, 1.165) is 0 Å². The Balaban J connectivity index is 1.72. The van der Waals surface area contributed by atoms with Gasteiger partial charge in [0, 0.05) is 24.0 Å². The topological polar surface area (TPSA) is 75.6 Å². The molecule has 4 aromatic rings. The summed E-state index contributed by atoms with van der Waals surface area (Å²) in [7, 11) is 0. The van der Waals surface area contributed by atoms with E-state index < -0.39 is 5.82 Å². The first-order valence-corrected chi connectivity index (χ1v) is 9.58. The Morgan fingerprint density at radius 1 is 1.24 bits per heavy atom. The monoisotopic (exact) mass is 431 g/mol. The molecule has 0 aliphatic carbocycles. The number of aromatic nitrogens is 4. The first-order valence-electron chi connectivity index (χ1n) is 8.83. The zero-order valence-corrected chi connectivity index (χ0v) is 17.0. The summed E-state index contributed by atoms with van der Waals surface area (Å²) in [6.07, 6.45) is 3.40. The van der Waals surface area contributed by atoms with Gasteiger partial charge in [-0.1, -0.05) is 29.3 Å². The minimum absolute atomic E-state index is 0.138. The van der Waals surface area contributed by atoms with Crippen LogP contribution >= 0.6 is 23.2 Å². The molecule has 9 heteroatoms. The third-order valence-electron chi connectivity index (χ3n) is 4.45. The van der Waals surface area contributed by atoms with Crippen molar-refractivity contribution in [3.63, 3.8) is 0 Å². The first kappa shape index (κ1) is 19.4.